The SMILES string of the molecule is COC(=O)c1sc(C(=O)NCc2cccc(O[Si](C)(C)C(C)(C)C)c2)cc1C.Cc1cc(C(=O)NCc2cccc(O)c2)sc1C(=O)O. The molecular weight excluding hydrogens is 669 g/mol. The predicted molar refractivity (Wildman–Crippen MR) is 191 cm³/mol. The first kappa shape index (κ1) is 38.0. The minimum atomic E-state index is -1.91. The second-order valence-electron chi connectivity index (χ2n) is 12.6. The molecule has 0 bridgehead atoms. The Kier molecular flexibility index (Phi) is 12.7. The molecule has 2 aromatic heterocycles. The zero-order valence-corrected chi connectivity index (χ0v) is 31.0. The number of aromatic hydroxyl groups is 1. The Hall–Kier alpha value is -4.46. The topological polar surface area (TPSA) is 151 Å². The zero-order valence-electron chi connectivity index (χ0n) is 28.3. The lowest BCUT2D eigenvalue weighted by atomic mass is 10.2. The molecule has 2 heterocycles. The van der Waals surface area contributed by atoms with Gasteiger partial charge in [0.1, 0.15) is 21.3 Å². The Labute approximate surface area is 289 Å². The van der Waals surface area contributed by atoms with Crippen LogP contribution in [-0.2, 0) is 17.8 Å². The van der Waals surface area contributed by atoms with Crippen molar-refractivity contribution < 1.29 is 38.6 Å². The molecule has 0 saturated carbocycles. The maximum atomic E-state index is 12.5. The molecule has 0 fully saturated rings. The number of carboxylic acid groups (broad SMARTS) is 1. The number of carbonyl (C=O) groups is 4. The monoisotopic (exact) mass is 710 g/mol. The van der Waals surface area contributed by atoms with Gasteiger partial charge in [0.25, 0.3) is 11.8 Å². The van der Waals surface area contributed by atoms with E-state index in [1.165, 1.54) is 7.11 Å². The van der Waals surface area contributed by atoms with Gasteiger partial charge in [0.15, 0.2) is 0 Å². The van der Waals surface area contributed by atoms with Crippen LogP contribution in [-0.4, -0.2) is 49.4 Å². The highest BCUT2D eigenvalue weighted by molar-refractivity contribution is 7.16. The maximum Gasteiger partial charge on any atom is 0.348 e. The first-order valence-corrected chi connectivity index (χ1v) is 19.6. The molecule has 4 N–H and O–H groups in total. The van der Waals surface area contributed by atoms with Crippen LogP contribution in [0.15, 0.2) is 60.7 Å². The van der Waals surface area contributed by atoms with Crippen molar-refractivity contribution in [3.8, 4) is 11.5 Å². The summed E-state index contributed by atoms with van der Waals surface area (Å²) in [6.45, 7) is 15.1. The number of hydrogen-bond acceptors (Lipinski definition) is 9. The summed E-state index contributed by atoms with van der Waals surface area (Å²) in [5, 5.41) is 24.0. The lowest BCUT2D eigenvalue weighted by Gasteiger charge is -2.36. The van der Waals surface area contributed by atoms with Crippen molar-refractivity contribution in [2.24, 2.45) is 0 Å². The van der Waals surface area contributed by atoms with E-state index in [0.717, 1.165) is 45.1 Å². The van der Waals surface area contributed by atoms with E-state index in [0.29, 0.717) is 26.7 Å². The molecule has 0 spiro atoms. The summed E-state index contributed by atoms with van der Waals surface area (Å²) >= 11 is 2.10. The van der Waals surface area contributed by atoms with Crippen molar-refractivity contribution in [3.63, 3.8) is 0 Å². The number of phenolic OH excluding ortho intramolecular Hbond substituents is 1. The van der Waals surface area contributed by atoms with E-state index in [-0.39, 0.29) is 34.0 Å². The Morgan fingerprint density at radius 3 is 1.77 bits per heavy atom. The minimum absolute atomic E-state index is 0.117. The Bertz CT molecular complexity index is 1790. The van der Waals surface area contributed by atoms with Gasteiger partial charge in [0, 0.05) is 13.1 Å². The van der Waals surface area contributed by atoms with Crippen molar-refractivity contribution in [1.29, 1.82) is 0 Å². The molecule has 10 nitrogen and oxygen atoms in total. The first-order chi connectivity index (χ1) is 22.4. The van der Waals surface area contributed by atoms with Crippen LogP contribution in [0.1, 0.15) is 81.7 Å². The second-order valence-corrected chi connectivity index (χ2v) is 19.4. The first-order valence-electron chi connectivity index (χ1n) is 15.1. The molecule has 4 aromatic rings. The number of esters is 1. The summed E-state index contributed by atoms with van der Waals surface area (Å²) in [6, 6.07) is 17.7. The molecule has 0 aliphatic rings. The fraction of sp³-hybridized carbons (Fsp3) is 0.314. The van der Waals surface area contributed by atoms with E-state index in [1.54, 1.807) is 50.2 Å². The van der Waals surface area contributed by atoms with Gasteiger partial charge < -0.3 is 30.0 Å². The summed E-state index contributed by atoms with van der Waals surface area (Å²) in [5.41, 5.74) is 3.05. The van der Waals surface area contributed by atoms with Crippen molar-refractivity contribution in [3.05, 3.63) is 102 Å². The average molecular weight is 711 g/mol. The quantitative estimate of drug-likeness (QED) is 0.0973. The van der Waals surface area contributed by atoms with Gasteiger partial charge in [-0.2, -0.15) is 0 Å². The summed E-state index contributed by atoms with van der Waals surface area (Å²) < 4.78 is 11.1. The van der Waals surface area contributed by atoms with Crippen LogP contribution >= 0.6 is 22.7 Å². The van der Waals surface area contributed by atoms with Gasteiger partial charge in [-0.05, 0) is 90.6 Å². The van der Waals surface area contributed by atoms with E-state index < -0.39 is 20.3 Å². The standard InChI is InChI=1S/C21H29NO4SSi.C14H13NO4S/c1-14-11-17(27-18(14)20(24)25-5)19(23)22-13-15-9-8-10-16(12-15)26-28(6,7)21(2,3)4;1-8-5-11(20-12(8)14(18)19)13(17)15-7-9-3-2-4-10(16)6-9/h8-12H,13H2,1-7H3,(H,22,23);2-6,16H,7H2,1H3,(H,15,17)(H,18,19). The number of carbonyl (C=O) groups excluding carboxylic acids is 3. The number of methoxy groups -OCH3 is 1. The Morgan fingerprint density at radius 1 is 0.792 bits per heavy atom. The highest BCUT2D eigenvalue weighted by atomic mass is 32.1. The number of aryl methyl sites for hydroxylation is 2. The lowest BCUT2D eigenvalue weighted by Crippen LogP contribution is -2.43. The number of amides is 2. The Morgan fingerprint density at radius 2 is 1.29 bits per heavy atom. The Balaban J connectivity index is 0.000000275. The third kappa shape index (κ3) is 10.3. The van der Waals surface area contributed by atoms with Crippen LogP contribution in [0.5, 0.6) is 11.5 Å². The molecule has 4 rings (SSSR count). The molecule has 0 saturated heterocycles. The normalized spacial score (nSPS) is 11.2. The van der Waals surface area contributed by atoms with Gasteiger partial charge >= 0.3 is 11.9 Å². The predicted octanol–water partition coefficient (Wildman–Crippen LogP) is 7.55. The smallest absolute Gasteiger partial charge is 0.348 e. The number of carboxylic acids is 1. The number of ether oxygens (including phenoxy) is 1. The molecule has 0 aliphatic carbocycles. The molecule has 256 valence electrons. The molecule has 2 amide bonds. The number of hydrogen-bond donors (Lipinski definition) is 4. The van der Waals surface area contributed by atoms with E-state index in [2.05, 4.69) is 44.5 Å². The zero-order chi connectivity index (χ0) is 35.8. The van der Waals surface area contributed by atoms with E-state index in [1.807, 2.05) is 24.3 Å². The number of thiophene rings is 2. The van der Waals surface area contributed by atoms with Gasteiger partial charge in [-0.3, -0.25) is 9.59 Å². The van der Waals surface area contributed by atoms with E-state index in [4.69, 9.17) is 14.3 Å². The van der Waals surface area contributed by atoms with Crippen LogP contribution in [0.3, 0.4) is 0 Å². The summed E-state index contributed by atoms with van der Waals surface area (Å²) in [5.74, 6) is -1.01. The molecule has 0 atom stereocenters. The number of aromatic carboxylic acids is 1. The number of nitrogens with one attached hydrogen (secondary N) is 2. The molecule has 0 aliphatic heterocycles. The fourth-order valence-electron chi connectivity index (χ4n) is 4.07. The van der Waals surface area contributed by atoms with Crippen molar-refractivity contribution in [2.45, 2.75) is 65.8 Å². The molecule has 48 heavy (non-hydrogen) atoms. The van der Waals surface area contributed by atoms with Crippen LogP contribution < -0.4 is 15.1 Å². The van der Waals surface area contributed by atoms with Gasteiger partial charge in [-0.15, -0.1) is 22.7 Å². The summed E-state index contributed by atoms with van der Waals surface area (Å²) in [7, 11) is -0.580. The van der Waals surface area contributed by atoms with Gasteiger partial charge in [0.05, 0.1) is 16.9 Å². The van der Waals surface area contributed by atoms with Crippen LogP contribution in [0.2, 0.25) is 18.1 Å². The largest absolute Gasteiger partial charge is 0.543 e. The number of phenols is 1. The van der Waals surface area contributed by atoms with Gasteiger partial charge in [0.2, 0.25) is 8.32 Å². The van der Waals surface area contributed by atoms with E-state index >= 15 is 0 Å². The highest BCUT2D eigenvalue weighted by Crippen LogP contribution is 2.37. The molecular formula is C35H42N2O8S2Si. The molecule has 0 unspecified atom stereocenters. The third-order valence-corrected chi connectivity index (χ3v) is 14.5. The molecule has 2 aromatic carbocycles. The number of benzene rings is 2. The average Bonchev–Trinajstić information content (AvgIpc) is 3.61. The van der Waals surface area contributed by atoms with Crippen LogP contribution in [0.25, 0.3) is 0 Å². The maximum absolute atomic E-state index is 12.5. The van der Waals surface area contributed by atoms with Gasteiger partial charge in [-0.25, -0.2) is 9.59 Å². The van der Waals surface area contributed by atoms with Crippen LogP contribution in [0.4, 0.5) is 0 Å². The van der Waals surface area contributed by atoms with Crippen molar-refractivity contribution >= 4 is 54.7 Å². The van der Waals surface area contributed by atoms with Crippen molar-refractivity contribution in [2.75, 3.05) is 7.11 Å². The second kappa shape index (κ2) is 16.1. The van der Waals surface area contributed by atoms with Crippen molar-refractivity contribution in [1.82, 2.24) is 10.6 Å². The molecule has 13 heteroatoms. The summed E-state index contributed by atoms with van der Waals surface area (Å²) in [4.78, 5) is 48.5. The lowest BCUT2D eigenvalue weighted by molar-refractivity contribution is 0.0604. The van der Waals surface area contributed by atoms with E-state index in [9.17, 15) is 24.3 Å². The molecule has 0 radical (unpaired) electrons. The van der Waals surface area contributed by atoms with Crippen LogP contribution in [0, 0.1) is 13.8 Å². The third-order valence-electron chi connectivity index (χ3n) is 7.74. The fourth-order valence-corrected chi connectivity index (χ4v) is 7.02. The number of rotatable bonds is 10. The highest BCUT2D eigenvalue weighted by Gasteiger charge is 2.39. The minimum Gasteiger partial charge on any atom is -0.543 e. The summed E-state index contributed by atoms with van der Waals surface area (Å²) in [6.07, 6.45) is 0. The van der Waals surface area contributed by atoms with Gasteiger partial charge in [-0.1, -0.05) is 45.0 Å².